The van der Waals surface area contributed by atoms with Crippen LogP contribution in [0, 0.1) is 0 Å². The molecule has 1 amide bonds. The Labute approximate surface area is 374 Å². The lowest BCUT2D eigenvalue weighted by molar-refractivity contribution is -0.155. The summed E-state index contributed by atoms with van der Waals surface area (Å²) >= 11 is 12.3. The number of carbonyl (C=O) groups is 3. The molecule has 3 aromatic carbocycles. The summed E-state index contributed by atoms with van der Waals surface area (Å²) in [5, 5.41) is 12.4. The molecule has 4 aliphatic heterocycles. The molecule has 0 aromatic heterocycles. The van der Waals surface area contributed by atoms with Gasteiger partial charge < -0.3 is 38.6 Å². The largest absolute Gasteiger partial charge is 0.534 e. The van der Waals surface area contributed by atoms with Crippen molar-refractivity contribution in [3.05, 3.63) is 92.5 Å². The van der Waals surface area contributed by atoms with Crippen molar-refractivity contribution in [2.24, 2.45) is 0 Å². The molecule has 0 saturated carbocycles. The number of amides is 1. The van der Waals surface area contributed by atoms with Gasteiger partial charge in [0.2, 0.25) is 0 Å². The number of likely N-dealkylation sites (tertiary alicyclic amines) is 2. The Kier molecular flexibility index (Phi) is 15.6. The van der Waals surface area contributed by atoms with Gasteiger partial charge in [0, 0.05) is 45.0 Å². The SMILES string of the molecule is CC(C)(C)OC(=O)CCN1CCC2(CC1)OCc1cc(OS(=O)(=O)C(F)(F)F)ccc12.Cl.O=C(O)CCN1CCC2(CC1)OCc1cc(NC(=O)c3c(Cl)cccc3Cl)ccc12. The average molecular weight is 951 g/mol. The van der Waals surface area contributed by atoms with Crippen molar-refractivity contribution in [3.63, 3.8) is 0 Å². The van der Waals surface area contributed by atoms with Crippen LogP contribution in [-0.2, 0) is 58.3 Å². The summed E-state index contributed by atoms with van der Waals surface area (Å²) in [5.74, 6) is -1.78. The summed E-state index contributed by atoms with van der Waals surface area (Å²) in [7, 11) is -5.72. The van der Waals surface area contributed by atoms with Crippen LogP contribution in [-0.4, -0.2) is 91.5 Å². The molecule has 4 heterocycles. The van der Waals surface area contributed by atoms with E-state index < -0.39 is 38.5 Å². The summed E-state index contributed by atoms with van der Waals surface area (Å²) in [6.45, 7) is 10.2. The first-order valence-corrected chi connectivity index (χ1v) is 21.9. The molecule has 0 atom stereocenters. The summed E-state index contributed by atoms with van der Waals surface area (Å²) in [4.78, 5) is 39.7. The van der Waals surface area contributed by atoms with Crippen molar-refractivity contribution in [1.82, 2.24) is 9.80 Å². The minimum Gasteiger partial charge on any atom is -0.481 e. The van der Waals surface area contributed by atoms with Gasteiger partial charge in [0.15, 0.2) is 0 Å². The number of carbonyl (C=O) groups excluding carboxylic acids is 2. The molecule has 0 aliphatic carbocycles. The summed E-state index contributed by atoms with van der Waals surface area (Å²) in [6, 6.07) is 14.8. The van der Waals surface area contributed by atoms with E-state index in [1.165, 1.54) is 12.1 Å². The molecular formula is C42H49Cl3F3N3O10S. The Morgan fingerprint density at radius 1 is 0.806 bits per heavy atom. The predicted octanol–water partition coefficient (Wildman–Crippen LogP) is 8.43. The van der Waals surface area contributed by atoms with E-state index in [4.69, 9.17) is 42.5 Å². The first-order valence-electron chi connectivity index (χ1n) is 19.8. The fraction of sp³-hybridized carbons (Fsp3) is 0.500. The highest BCUT2D eigenvalue weighted by Crippen LogP contribution is 2.46. The summed E-state index contributed by atoms with van der Waals surface area (Å²) in [5.41, 5.74) is -2.36. The number of nitrogens with zero attached hydrogens (tertiary/aromatic N) is 2. The number of hydrogen-bond acceptors (Lipinski definition) is 11. The van der Waals surface area contributed by atoms with E-state index >= 15 is 0 Å². The first-order chi connectivity index (χ1) is 28.6. The molecule has 2 fully saturated rings. The van der Waals surface area contributed by atoms with E-state index in [0.29, 0.717) is 66.9 Å². The quantitative estimate of drug-likeness (QED) is 0.114. The summed E-state index contributed by atoms with van der Waals surface area (Å²) in [6.07, 6.45) is 3.38. The molecule has 13 nitrogen and oxygen atoms in total. The molecule has 2 N–H and O–H groups in total. The van der Waals surface area contributed by atoms with Crippen molar-refractivity contribution >= 4 is 69.3 Å². The Morgan fingerprint density at radius 3 is 1.81 bits per heavy atom. The number of carboxylic acids is 1. The van der Waals surface area contributed by atoms with Crippen LogP contribution in [0.5, 0.6) is 5.75 Å². The number of alkyl halides is 3. The molecule has 7 rings (SSSR count). The highest BCUT2D eigenvalue weighted by atomic mass is 35.5. The number of fused-ring (bicyclic) bond motifs is 4. The van der Waals surface area contributed by atoms with Crippen molar-refractivity contribution < 1.29 is 59.5 Å². The molecule has 62 heavy (non-hydrogen) atoms. The molecule has 340 valence electrons. The van der Waals surface area contributed by atoms with Crippen LogP contribution < -0.4 is 9.50 Å². The van der Waals surface area contributed by atoms with E-state index in [2.05, 4.69) is 19.3 Å². The Morgan fingerprint density at radius 2 is 1.31 bits per heavy atom. The van der Waals surface area contributed by atoms with Crippen LogP contribution in [0.25, 0.3) is 0 Å². The second kappa shape index (κ2) is 19.6. The van der Waals surface area contributed by atoms with Crippen LogP contribution >= 0.6 is 35.6 Å². The topological polar surface area (TPSA) is 161 Å². The number of anilines is 1. The predicted molar refractivity (Wildman–Crippen MR) is 227 cm³/mol. The molecule has 20 heteroatoms. The van der Waals surface area contributed by atoms with Crippen LogP contribution in [0.3, 0.4) is 0 Å². The standard InChI is InChI=1S/C22H22Cl2N2O4.C20H26F3NO6S.ClH/c23-17-2-1-3-18(24)20(17)21(29)25-15-4-5-16-14(12-15)13-30-22(16)7-10-26(11-8-22)9-6-19(27)28;1-18(2,3)29-17(25)6-9-24-10-7-19(8-11-24)16-5-4-15(12-14(16)13-28-19)30-31(26,27)20(21,22)23;/h1-5,12H,6-11,13H2,(H,25,29)(H,27,28);4-5,12H,6-11,13H2,1-3H3;1H. The van der Waals surface area contributed by atoms with Crippen LogP contribution in [0.4, 0.5) is 18.9 Å². The fourth-order valence-electron chi connectivity index (χ4n) is 8.09. The average Bonchev–Trinajstić information content (AvgIpc) is 3.70. The van der Waals surface area contributed by atoms with Crippen LogP contribution in [0.1, 0.15) is 91.9 Å². The lowest BCUT2D eigenvalue weighted by atomic mass is 9.83. The van der Waals surface area contributed by atoms with Crippen molar-refractivity contribution in [1.29, 1.82) is 0 Å². The first kappa shape index (κ1) is 49.3. The zero-order chi connectivity index (χ0) is 44.4. The molecule has 0 radical (unpaired) electrons. The van der Waals surface area contributed by atoms with Gasteiger partial charge in [0.1, 0.15) is 11.4 Å². The van der Waals surface area contributed by atoms with Gasteiger partial charge >= 0.3 is 27.6 Å². The van der Waals surface area contributed by atoms with Gasteiger partial charge in [-0.15, -0.1) is 12.4 Å². The molecule has 4 aliphatic rings. The van der Waals surface area contributed by atoms with Crippen LogP contribution in [0.15, 0.2) is 54.6 Å². The number of carboxylic acid groups (broad SMARTS) is 1. The Balaban J connectivity index is 0.000000231. The molecule has 3 aromatic rings. The zero-order valence-corrected chi connectivity index (χ0v) is 37.5. The number of aliphatic carboxylic acids is 1. The second-order valence-corrected chi connectivity index (χ2v) is 18.8. The third-order valence-corrected chi connectivity index (χ3v) is 12.7. The van der Waals surface area contributed by atoms with E-state index in [-0.39, 0.29) is 54.9 Å². The van der Waals surface area contributed by atoms with Gasteiger partial charge in [-0.05, 0) is 105 Å². The molecule has 0 unspecified atom stereocenters. The van der Waals surface area contributed by atoms with E-state index in [1.54, 1.807) is 24.3 Å². The molecule has 0 bridgehead atoms. The maximum Gasteiger partial charge on any atom is 0.534 e. The van der Waals surface area contributed by atoms with Crippen molar-refractivity contribution in [2.75, 3.05) is 44.6 Å². The van der Waals surface area contributed by atoms with Crippen molar-refractivity contribution in [3.8, 4) is 5.75 Å². The highest BCUT2D eigenvalue weighted by Gasteiger charge is 2.49. The highest BCUT2D eigenvalue weighted by molar-refractivity contribution is 7.88. The fourth-order valence-corrected chi connectivity index (χ4v) is 9.11. The molecule has 2 spiro atoms. The smallest absolute Gasteiger partial charge is 0.481 e. The maximum atomic E-state index is 12.6. The van der Waals surface area contributed by atoms with Gasteiger partial charge in [-0.2, -0.15) is 21.6 Å². The minimum absolute atomic E-state index is 0. The second-order valence-electron chi connectivity index (χ2n) is 16.5. The number of rotatable bonds is 10. The molecule has 2 saturated heterocycles. The van der Waals surface area contributed by atoms with E-state index in [9.17, 15) is 36.0 Å². The third kappa shape index (κ3) is 11.7. The Bertz CT molecular complexity index is 2220. The van der Waals surface area contributed by atoms with E-state index in [0.717, 1.165) is 42.6 Å². The number of hydrogen-bond donors (Lipinski definition) is 2. The van der Waals surface area contributed by atoms with Crippen LogP contribution in [0.2, 0.25) is 10.0 Å². The summed E-state index contributed by atoms with van der Waals surface area (Å²) < 4.78 is 81.8. The number of ether oxygens (including phenoxy) is 3. The number of halogens is 6. The third-order valence-electron chi connectivity index (χ3n) is 11.1. The monoisotopic (exact) mass is 949 g/mol. The number of nitrogens with one attached hydrogen (secondary N) is 1. The Hall–Kier alpha value is -3.68. The molecular weight excluding hydrogens is 902 g/mol. The number of benzene rings is 3. The van der Waals surface area contributed by atoms with Gasteiger partial charge in [-0.1, -0.05) is 41.4 Å². The lowest BCUT2D eigenvalue weighted by Gasteiger charge is -2.39. The zero-order valence-electron chi connectivity index (χ0n) is 34.3. The van der Waals surface area contributed by atoms with Gasteiger partial charge in [-0.3, -0.25) is 14.4 Å². The van der Waals surface area contributed by atoms with Gasteiger partial charge in [0.05, 0.1) is 52.9 Å². The van der Waals surface area contributed by atoms with Crippen molar-refractivity contribution in [2.45, 2.75) is 94.8 Å². The van der Waals surface area contributed by atoms with E-state index in [1.807, 2.05) is 39.0 Å². The number of esters is 1. The number of piperidine rings is 2. The lowest BCUT2D eigenvalue weighted by Crippen LogP contribution is -2.43. The normalized spacial score (nSPS) is 18.2. The maximum absolute atomic E-state index is 12.6. The van der Waals surface area contributed by atoms with Gasteiger partial charge in [0.25, 0.3) is 5.91 Å². The minimum atomic E-state index is -5.72. The van der Waals surface area contributed by atoms with Gasteiger partial charge in [-0.25, -0.2) is 0 Å².